The molecule has 16 heteroatoms. The standard InChI is InChI=1S/C7H5IO5S.C7H7NO5S.2Na/c2*8-4-1-2-5(7(9)10)6(3-4)14(11,12)13;;/h1-3H,(H,9,10)(H,11,12,13);1-3H,8H2,(H,9,10)(H,11,12,13);;/q;;2*+1/p-2. The molecule has 0 aliphatic carbocycles. The van der Waals surface area contributed by atoms with E-state index in [1.165, 1.54) is 12.1 Å². The molecule has 0 bridgehead atoms. The van der Waals surface area contributed by atoms with Crippen LogP contribution in [0.1, 0.15) is 20.7 Å². The number of nitrogen functional groups attached to an aromatic ring is 1. The van der Waals surface area contributed by atoms with Crippen LogP contribution in [-0.4, -0.2) is 48.1 Å². The summed E-state index contributed by atoms with van der Waals surface area (Å²) < 4.78 is 64.5. The maximum atomic E-state index is 10.7. The van der Waals surface area contributed by atoms with Gasteiger partial charge in [-0.25, -0.2) is 26.4 Å². The second-order valence-electron chi connectivity index (χ2n) is 4.91. The summed E-state index contributed by atoms with van der Waals surface area (Å²) in [4.78, 5) is 19.6. The molecule has 0 aliphatic heterocycles. The Balaban J connectivity index is 0. The molecule has 2 aromatic carbocycles. The summed E-state index contributed by atoms with van der Waals surface area (Å²) in [6, 6.07) is 6.55. The quantitative estimate of drug-likeness (QED) is 0.133. The summed E-state index contributed by atoms with van der Waals surface area (Å²) in [6.07, 6.45) is 0. The molecule has 2 aromatic rings. The smallest absolute Gasteiger partial charge is 0.744 e. The zero-order chi connectivity index (χ0) is 21.9. The monoisotopic (exact) mass is 589 g/mol. The number of anilines is 1. The Hall–Kier alpha value is -0.270. The minimum atomic E-state index is -4.81. The summed E-state index contributed by atoms with van der Waals surface area (Å²) in [7, 11) is -9.55. The molecule has 0 fully saturated rings. The van der Waals surface area contributed by atoms with Gasteiger partial charge in [-0.1, -0.05) is 0 Å². The van der Waals surface area contributed by atoms with Gasteiger partial charge in [-0.05, 0) is 59.0 Å². The number of hydrogen-bond acceptors (Lipinski definition) is 9. The van der Waals surface area contributed by atoms with Crippen molar-refractivity contribution >= 4 is 60.5 Å². The van der Waals surface area contributed by atoms with Crippen LogP contribution in [0.15, 0.2) is 46.2 Å². The minimum Gasteiger partial charge on any atom is -0.744 e. The van der Waals surface area contributed by atoms with Gasteiger partial charge in [0.05, 0.1) is 20.9 Å². The van der Waals surface area contributed by atoms with E-state index in [4.69, 9.17) is 15.9 Å². The summed E-state index contributed by atoms with van der Waals surface area (Å²) in [5.74, 6) is -2.92. The van der Waals surface area contributed by atoms with Crippen LogP contribution in [0, 0.1) is 3.57 Å². The van der Waals surface area contributed by atoms with E-state index in [1.807, 2.05) is 0 Å². The van der Waals surface area contributed by atoms with Crippen molar-refractivity contribution in [1.29, 1.82) is 0 Å². The molecule has 0 radical (unpaired) electrons. The predicted molar refractivity (Wildman–Crippen MR) is 99.9 cm³/mol. The molecule has 0 spiro atoms. The second-order valence-corrected chi connectivity index (χ2v) is 8.86. The van der Waals surface area contributed by atoms with E-state index < -0.39 is 53.1 Å². The predicted octanol–water partition coefficient (Wildman–Crippen LogP) is -5.23. The van der Waals surface area contributed by atoms with Crippen molar-refractivity contribution in [3.8, 4) is 0 Å². The molecule has 0 unspecified atom stereocenters. The Morgan fingerprint density at radius 3 is 1.53 bits per heavy atom. The molecule has 0 saturated carbocycles. The first-order valence-electron chi connectivity index (χ1n) is 6.72. The fraction of sp³-hybridized carbons (Fsp3) is 0. The molecule has 0 heterocycles. The summed E-state index contributed by atoms with van der Waals surface area (Å²) >= 11 is 1.79. The number of rotatable bonds is 4. The third-order valence-electron chi connectivity index (χ3n) is 2.95. The first-order chi connectivity index (χ1) is 12.6. The van der Waals surface area contributed by atoms with Crippen molar-refractivity contribution in [1.82, 2.24) is 0 Å². The van der Waals surface area contributed by atoms with Crippen molar-refractivity contribution in [3.05, 3.63) is 51.1 Å². The summed E-state index contributed by atoms with van der Waals surface area (Å²) in [6.45, 7) is 0. The normalized spacial score (nSPS) is 10.5. The maximum absolute atomic E-state index is 10.7. The molecule has 4 N–H and O–H groups in total. The van der Waals surface area contributed by atoms with Gasteiger partial charge in [0.1, 0.15) is 20.2 Å². The molecule has 0 atom stereocenters. The number of halogens is 1. The molecule has 0 aromatic heterocycles. The molecular weight excluding hydrogens is 579 g/mol. The van der Waals surface area contributed by atoms with Gasteiger partial charge < -0.3 is 25.1 Å². The number of benzene rings is 2. The van der Waals surface area contributed by atoms with Crippen LogP contribution >= 0.6 is 22.6 Å². The number of carboxylic acid groups (broad SMARTS) is 2. The van der Waals surface area contributed by atoms with Crippen molar-refractivity contribution in [2.75, 3.05) is 5.73 Å². The molecule has 2 rings (SSSR count). The van der Waals surface area contributed by atoms with Gasteiger partial charge in [0.2, 0.25) is 0 Å². The van der Waals surface area contributed by atoms with Gasteiger partial charge in [0, 0.05) is 9.26 Å². The van der Waals surface area contributed by atoms with Crippen LogP contribution in [0.3, 0.4) is 0 Å². The van der Waals surface area contributed by atoms with Crippen LogP contribution in [0.4, 0.5) is 5.69 Å². The van der Waals surface area contributed by atoms with Crippen molar-refractivity contribution in [2.45, 2.75) is 9.79 Å². The first kappa shape index (κ1) is 31.9. The third kappa shape index (κ3) is 9.47. The van der Waals surface area contributed by atoms with E-state index in [9.17, 15) is 35.5 Å². The van der Waals surface area contributed by atoms with Gasteiger partial charge in [-0.3, -0.25) is 0 Å². The van der Waals surface area contributed by atoms with Crippen molar-refractivity contribution < 1.29 is 105 Å². The maximum Gasteiger partial charge on any atom is 1.00 e. The summed E-state index contributed by atoms with van der Waals surface area (Å²) in [5, 5.41) is 17.2. The number of carbonyl (C=O) groups is 2. The largest absolute Gasteiger partial charge is 1.00 e. The Morgan fingerprint density at radius 1 is 0.800 bits per heavy atom. The Morgan fingerprint density at radius 2 is 1.17 bits per heavy atom. The zero-order valence-corrected chi connectivity index (χ0v) is 23.2. The fourth-order valence-electron chi connectivity index (χ4n) is 1.80. The Bertz CT molecular complexity index is 1060. The van der Waals surface area contributed by atoms with Crippen molar-refractivity contribution in [3.63, 3.8) is 0 Å². The molecular formula is C14H10INNa2O10S2. The first-order valence-corrected chi connectivity index (χ1v) is 10.6. The molecule has 30 heavy (non-hydrogen) atoms. The van der Waals surface area contributed by atoms with E-state index in [2.05, 4.69) is 0 Å². The van der Waals surface area contributed by atoms with Gasteiger partial charge in [0.25, 0.3) is 0 Å². The van der Waals surface area contributed by atoms with E-state index in [0.717, 1.165) is 24.3 Å². The van der Waals surface area contributed by atoms with Crippen LogP contribution in [0.25, 0.3) is 0 Å². The Kier molecular flexibility index (Phi) is 13.5. The van der Waals surface area contributed by atoms with Crippen molar-refractivity contribution in [2.24, 2.45) is 0 Å². The molecule has 0 amide bonds. The number of nitrogens with two attached hydrogens (primary N) is 1. The zero-order valence-electron chi connectivity index (χ0n) is 15.4. The molecule has 152 valence electrons. The van der Waals surface area contributed by atoms with Gasteiger partial charge in [-0.15, -0.1) is 0 Å². The average Bonchev–Trinajstić information content (AvgIpc) is 2.53. The number of hydrogen-bond donors (Lipinski definition) is 3. The van der Waals surface area contributed by atoms with E-state index in [0.29, 0.717) is 3.57 Å². The molecule has 11 nitrogen and oxygen atoms in total. The van der Waals surface area contributed by atoms with Crippen LogP contribution in [0.2, 0.25) is 0 Å². The minimum absolute atomic E-state index is 0. The van der Waals surface area contributed by atoms with Gasteiger partial charge in [0.15, 0.2) is 0 Å². The topological polar surface area (TPSA) is 215 Å². The van der Waals surface area contributed by atoms with Gasteiger partial charge in [-0.2, -0.15) is 0 Å². The third-order valence-corrected chi connectivity index (χ3v) is 5.37. The fourth-order valence-corrected chi connectivity index (χ4v) is 3.91. The average molecular weight is 589 g/mol. The molecule has 0 saturated heterocycles. The van der Waals surface area contributed by atoms with Gasteiger partial charge >= 0.3 is 71.1 Å². The summed E-state index contributed by atoms with van der Waals surface area (Å²) in [5.41, 5.74) is 4.17. The van der Waals surface area contributed by atoms with E-state index in [1.54, 1.807) is 22.6 Å². The second kappa shape index (κ2) is 12.7. The van der Waals surface area contributed by atoms with E-state index >= 15 is 0 Å². The SMILES string of the molecule is Nc1ccc(C(=O)O)c(S(=O)(=O)[O-])c1.O=C(O)c1ccc(I)cc1S(=O)(=O)[O-].[Na+].[Na+]. The van der Waals surface area contributed by atoms with Crippen LogP contribution < -0.4 is 64.8 Å². The molecule has 0 aliphatic rings. The van der Waals surface area contributed by atoms with Crippen LogP contribution in [-0.2, 0) is 20.2 Å². The number of carboxylic acids is 2. The van der Waals surface area contributed by atoms with Crippen LogP contribution in [0.5, 0.6) is 0 Å². The Labute approximate surface area is 229 Å². The number of aromatic carboxylic acids is 2. The van der Waals surface area contributed by atoms with E-state index in [-0.39, 0.29) is 64.8 Å².